The molecule has 2 aromatic heterocycles. The fourth-order valence-corrected chi connectivity index (χ4v) is 3.37. The van der Waals surface area contributed by atoms with Gasteiger partial charge in [0.2, 0.25) is 0 Å². The molecule has 5 rings (SSSR count). The van der Waals surface area contributed by atoms with Gasteiger partial charge in [-0.1, -0.05) is 6.42 Å². The molecule has 6 heteroatoms. The highest BCUT2D eigenvalue weighted by Gasteiger charge is 2.20. The quantitative estimate of drug-likeness (QED) is 0.806. The molecule has 3 aromatic rings. The zero-order chi connectivity index (χ0) is 15.9. The molecule has 0 unspecified atom stereocenters. The Morgan fingerprint density at radius 1 is 1.17 bits per heavy atom. The van der Waals surface area contributed by atoms with Crippen LogP contribution < -0.4 is 5.32 Å². The Kier molecular flexibility index (Phi) is 3.07. The van der Waals surface area contributed by atoms with Crippen LogP contribution in [-0.2, 0) is 13.1 Å². The first-order valence-corrected chi connectivity index (χ1v) is 8.44. The minimum absolute atomic E-state index is 0.590. The van der Waals surface area contributed by atoms with Gasteiger partial charge in [0.25, 0.3) is 0 Å². The monoisotopic (exact) mass is 318 g/mol. The maximum Gasteiger partial charge on any atom is 0.154 e. The lowest BCUT2D eigenvalue weighted by molar-refractivity contribution is 0.270. The average molecular weight is 318 g/mol. The lowest BCUT2D eigenvalue weighted by Gasteiger charge is -2.25. The first-order chi connectivity index (χ1) is 11.9. The second-order valence-electron chi connectivity index (χ2n) is 6.54. The van der Waals surface area contributed by atoms with Crippen LogP contribution in [-0.4, -0.2) is 25.6 Å². The van der Waals surface area contributed by atoms with Gasteiger partial charge in [-0.3, -0.25) is 14.7 Å². The van der Waals surface area contributed by atoms with Crippen LogP contribution in [0.4, 0.5) is 5.69 Å². The minimum atomic E-state index is 0.590. The summed E-state index contributed by atoms with van der Waals surface area (Å²) in [6, 6.07) is 6.34. The molecule has 3 heterocycles. The Hall–Kier alpha value is -2.76. The van der Waals surface area contributed by atoms with Crippen molar-refractivity contribution in [3.05, 3.63) is 48.2 Å². The average Bonchev–Trinajstić information content (AvgIpc) is 3.15. The number of anilines is 1. The second kappa shape index (κ2) is 5.40. The zero-order valence-electron chi connectivity index (χ0n) is 13.3. The molecule has 1 N–H and O–H groups in total. The van der Waals surface area contributed by atoms with Gasteiger partial charge in [0, 0.05) is 30.0 Å². The van der Waals surface area contributed by atoms with Gasteiger partial charge in [-0.05, 0) is 37.0 Å². The van der Waals surface area contributed by atoms with Crippen molar-refractivity contribution >= 4 is 22.4 Å². The highest BCUT2D eigenvalue weighted by molar-refractivity contribution is 6.09. The van der Waals surface area contributed by atoms with Gasteiger partial charge < -0.3 is 5.32 Å². The van der Waals surface area contributed by atoms with E-state index in [1.807, 2.05) is 6.20 Å². The molecule has 1 aromatic carbocycles. The largest absolute Gasteiger partial charge is 0.339 e. The Bertz CT molecular complexity index is 938. The molecule has 6 nitrogen and oxygen atoms in total. The van der Waals surface area contributed by atoms with Crippen molar-refractivity contribution in [2.45, 2.75) is 32.4 Å². The van der Waals surface area contributed by atoms with E-state index in [1.165, 1.54) is 24.8 Å². The summed E-state index contributed by atoms with van der Waals surface area (Å²) < 4.78 is 2.14. The first-order valence-electron chi connectivity index (χ1n) is 8.44. The van der Waals surface area contributed by atoms with Gasteiger partial charge in [-0.25, -0.2) is 4.98 Å². The van der Waals surface area contributed by atoms with Crippen LogP contribution in [0.2, 0.25) is 0 Å². The van der Waals surface area contributed by atoms with E-state index < -0.39 is 0 Å². The molecule has 0 radical (unpaired) electrons. The summed E-state index contributed by atoms with van der Waals surface area (Å²) in [5, 5.41) is 9.08. The van der Waals surface area contributed by atoms with E-state index in [1.54, 1.807) is 12.4 Å². The number of hydrogen-bond donors (Lipinski definition) is 1. The van der Waals surface area contributed by atoms with Crippen molar-refractivity contribution in [1.29, 1.82) is 0 Å². The van der Waals surface area contributed by atoms with Crippen LogP contribution in [0.15, 0.2) is 41.8 Å². The Balaban J connectivity index is 1.40. The molecule has 0 amide bonds. The fourth-order valence-electron chi connectivity index (χ4n) is 3.37. The maximum absolute atomic E-state index is 4.56. The van der Waals surface area contributed by atoms with E-state index >= 15 is 0 Å². The lowest BCUT2D eigenvalue weighted by Crippen LogP contribution is -2.18. The maximum atomic E-state index is 4.56. The number of fused-ring (bicyclic) bond motifs is 2. The van der Waals surface area contributed by atoms with Crippen molar-refractivity contribution in [3.63, 3.8) is 0 Å². The number of hydrogen-bond acceptors (Lipinski definition) is 5. The highest BCUT2D eigenvalue weighted by atomic mass is 15.3. The molecule has 1 aliphatic carbocycles. The second-order valence-corrected chi connectivity index (χ2v) is 6.54. The molecular weight excluding hydrogens is 300 g/mol. The van der Waals surface area contributed by atoms with Gasteiger partial charge >= 0.3 is 0 Å². The smallest absolute Gasteiger partial charge is 0.154 e. The summed E-state index contributed by atoms with van der Waals surface area (Å²) in [7, 11) is 0. The van der Waals surface area contributed by atoms with Crippen molar-refractivity contribution in [1.82, 2.24) is 19.7 Å². The first kappa shape index (κ1) is 13.7. The predicted molar refractivity (Wildman–Crippen MR) is 93.0 cm³/mol. The number of nitrogens with one attached hydrogen (secondary N) is 1. The Morgan fingerprint density at radius 2 is 2.08 bits per heavy atom. The van der Waals surface area contributed by atoms with E-state index in [9.17, 15) is 0 Å². The zero-order valence-corrected chi connectivity index (χ0v) is 13.3. The van der Waals surface area contributed by atoms with Crippen LogP contribution in [0.3, 0.4) is 0 Å². The van der Waals surface area contributed by atoms with E-state index in [-0.39, 0.29) is 0 Å². The molecule has 1 fully saturated rings. The third-order valence-corrected chi connectivity index (χ3v) is 4.95. The fraction of sp³-hybridized carbons (Fsp3) is 0.333. The Labute approximate surface area is 139 Å². The molecule has 0 saturated heterocycles. The van der Waals surface area contributed by atoms with Gasteiger partial charge in [0.15, 0.2) is 5.84 Å². The topological polar surface area (TPSA) is 68.0 Å². The van der Waals surface area contributed by atoms with Crippen LogP contribution in [0.5, 0.6) is 0 Å². The van der Waals surface area contributed by atoms with Crippen molar-refractivity contribution < 1.29 is 0 Å². The van der Waals surface area contributed by atoms with Crippen LogP contribution in [0.25, 0.3) is 10.9 Å². The summed E-state index contributed by atoms with van der Waals surface area (Å²) in [6.45, 7) is 1.62. The summed E-state index contributed by atoms with van der Waals surface area (Å²) in [5.41, 5.74) is 3.97. The van der Waals surface area contributed by atoms with Crippen LogP contribution in [0.1, 0.15) is 30.7 Å². The number of amidine groups is 1. The molecule has 0 spiro atoms. The van der Waals surface area contributed by atoms with E-state index in [0.717, 1.165) is 40.8 Å². The van der Waals surface area contributed by atoms with Gasteiger partial charge in [-0.2, -0.15) is 5.10 Å². The number of aromatic nitrogens is 4. The summed E-state index contributed by atoms with van der Waals surface area (Å²) in [6.07, 6.45) is 9.39. The number of nitrogens with zero attached hydrogens (tertiary/aromatic N) is 5. The summed E-state index contributed by atoms with van der Waals surface area (Å²) >= 11 is 0. The molecule has 0 atom stereocenters. The predicted octanol–water partition coefficient (Wildman–Crippen LogP) is 3.00. The number of rotatable bonds is 3. The molecular formula is C18H18N6. The SMILES string of the molecule is c1cnc2c(n1)CN=C2Nc1ccc2c(cnn2CC2CCC2)c1. The van der Waals surface area contributed by atoms with Crippen LogP contribution >= 0.6 is 0 Å². The number of benzene rings is 1. The normalized spacial score (nSPS) is 16.8. The lowest BCUT2D eigenvalue weighted by atomic mass is 9.85. The Morgan fingerprint density at radius 3 is 2.96 bits per heavy atom. The number of aliphatic imine (C=N–C) groups is 1. The van der Waals surface area contributed by atoms with E-state index in [0.29, 0.717) is 6.54 Å². The van der Waals surface area contributed by atoms with Gasteiger partial charge in [-0.15, -0.1) is 0 Å². The van der Waals surface area contributed by atoms with Crippen molar-refractivity contribution in [2.75, 3.05) is 5.32 Å². The third-order valence-electron chi connectivity index (χ3n) is 4.95. The molecule has 1 aliphatic heterocycles. The van der Waals surface area contributed by atoms with Crippen molar-refractivity contribution in [3.8, 4) is 0 Å². The third kappa shape index (κ3) is 2.26. The van der Waals surface area contributed by atoms with Gasteiger partial charge in [0.05, 0.1) is 24.0 Å². The van der Waals surface area contributed by atoms with E-state index in [2.05, 4.69) is 48.3 Å². The standard InChI is InChI=1S/C18H18N6/c1-2-12(3-1)11-24-16-5-4-14(8-13(16)9-22-24)23-18-17-15(10-21-18)19-6-7-20-17/h4-9,12H,1-3,10-11H2,(H,21,23). The van der Waals surface area contributed by atoms with Crippen LogP contribution in [0, 0.1) is 5.92 Å². The van der Waals surface area contributed by atoms with E-state index in [4.69, 9.17) is 0 Å². The minimum Gasteiger partial charge on any atom is -0.339 e. The summed E-state index contributed by atoms with van der Waals surface area (Å²) in [4.78, 5) is 13.2. The highest BCUT2D eigenvalue weighted by Crippen LogP contribution is 2.29. The van der Waals surface area contributed by atoms with Crippen molar-refractivity contribution in [2.24, 2.45) is 10.9 Å². The van der Waals surface area contributed by atoms with Gasteiger partial charge in [0.1, 0.15) is 5.69 Å². The molecule has 0 bridgehead atoms. The molecule has 2 aliphatic rings. The molecule has 24 heavy (non-hydrogen) atoms. The molecule has 120 valence electrons. The summed E-state index contributed by atoms with van der Waals surface area (Å²) in [5.74, 6) is 1.59. The molecule has 1 saturated carbocycles.